The first-order chi connectivity index (χ1) is 13.1. The van der Waals surface area contributed by atoms with Gasteiger partial charge in [-0.1, -0.05) is 13.8 Å². The molecule has 0 bridgehead atoms. The normalized spacial score (nSPS) is 14.5. The first-order valence-electron chi connectivity index (χ1n) is 9.44. The van der Waals surface area contributed by atoms with Crippen LogP contribution in [0.3, 0.4) is 0 Å². The quantitative estimate of drug-likeness (QED) is 0.680. The predicted octanol–water partition coefficient (Wildman–Crippen LogP) is 1.90. The van der Waals surface area contributed by atoms with E-state index in [0.717, 1.165) is 5.56 Å². The van der Waals surface area contributed by atoms with Gasteiger partial charge in [0, 0.05) is 24.7 Å². The molecule has 1 aliphatic rings. The molecule has 9 heteroatoms. The summed E-state index contributed by atoms with van der Waals surface area (Å²) in [5, 5.41) is 5.61. The zero-order valence-electron chi connectivity index (χ0n) is 16.8. The standard InChI is InChI=1S/C19H29N3O5S/c1-5-27-19(24)21-16(10-13(2)3)12-20-18(23)15-6-7-17-14(11-15)8-9-22(17)28(4,25)26/h6-7,11,13,16H,5,8-10,12H2,1-4H3,(H,20,23)(H,21,24). The molecule has 1 aromatic carbocycles. The minimum absolute atomic E-state index is 0.238. The number of hydrogen-bond donors (Lipinski definition) is 2. The van der Waals surface area contributed by atoms with E-state index in [1.165, 1.54) is 10.6 Å². The number of nitrogens with one attached hydrogen (secondary N) is 2. The first-order valence-corrected chi connectivity index (χ1v) is 11.3. The van der Waals surface area contributed by atoms with Crippen LogP contribution in [0.15, 0.2) is 18.2 Å². The van der Waals surface area contributed by atoms with E-state index in [1.54, 1.807) is 25.1 Å². The fraction of sp³-hybridized carbons (Fsp3) is 0.579. The van der Waals surface area contributed by atoms with Crippen molar-refractivity contribution < 1.29 is 22.7 Å². The number of fused-ring (bicyclic) bond motifs is 1. The Labute approximate surface area is 166 Å². The molecule has 28 heavy (non-hydrogen) atoms. The van der Waals surface area contributed by atoms with Crippen LogP contribution in [0, 0.1) is 5.92 Å². The lowest BCUT2D eigenvalue weighted by atomic mass is 10.0. The highest BCUT2D eigenvalue weighted by Crippen LogP contribution is 2.30. The molecular formula is C19H29N3O5S. The van der Waals surface area contributed by atoms with Crippen molar-refractivity contribution >= 4 is 27.7 Å². The summed E-state index contributed by atoms with van der Waals surface area (Å²) in [6, 6.07) is 4.78. The van der Waals surface area contributed by atoms with Gasteiger partial charge >= 0.3 is 6.09 Å². The number of benzene rings is 1. The van der Waals surface area contributed by atoms with E-state index < -0.39 is 16.1 Å². The third-order valence-corrected chi connectivity index (χ3v) is 5.64. The minimum atomic E-state index is -3.32. The van der Waals surface area contributed by atoms with Gasteiger partial charge in [0.1, 0.15) is 0 Å². The first kappa shape index (κ1) is 22.0. The molecule has 1 atom stereocenters. The van der Waals surface area contributed by atoms with Gasteiger partial charge in [-0.2, -0.15) is 0 Å². The lowest BCUT2D eigenvalue weighted by Crippen LogP contribution is -2.44. The van der Waals surface area contributed by atoms with Gasteiger partial charge in [0.05, 0.1) is 18.6 Å². The molecule has 2 N–H and O–H groups in total. The summed E-state index contributed by atoms with van der Waals surface area (Å²) in [5.74, 6) is 0.0748. The molecule has 0 fully saturated rings. The molecule has 0 spiro atoms. The molecule has 2 rings (SSSR count). The zero-order valence-corrected chi connectivity index (χ0v) is 17.6. The molecule has 156 valence electrons. The molecule has 0 aromatic heterocycles. The second-order valence-electron chi connectivity index (χ2n) is 7.33. The van der Waals surface area contributed by atoms with E-state index in [0.29, 0.717) is 36.6 Å². The van der Waals surface area contributed by atoms with Gasteiger partial charge in [-0.3, -0.25) is 9.10 Å². The van der Waals surface area contributed by atoms with Gasteiger partial charge in [0.15, 0.2) is 0 Å². The lowest BCUT2D eigenvalue weighted by Gasteiger charge is -2.21. The summed E-state index contributed by atoms with van der Waals surface area (Å²) in [4.78, 5) is 24.2. The predicted molar refractivity (Wildman–Crippen MR) is 108 cm³/mol. The van der Waals surface area contributed by atoms with Crippen molar-refractivity contribution in [2.75, 3.05) is 30.3 Å². The van der Waals surface area contributed by atoms with Crippen molar-refractivity contribution in [2.24, 2.45) is 5.92 Å². The van der Waals surface area contributed by atoms with Gasteiger partial charge in [-0.25, -0.2) is 13.2 Å². The molecule has 1 aromatic rings. The zero-order chi connectivity index (χ0) is 20.9. The van der Waals surface area contributed by atoms with E-state index in [4.69, 9.17) is 4.74 Å². The Balaban J connectivity index is 2.02. The second kappa shape index (κ2) is 9.27. The Hall–Kier alpha value is -2.29. The summed E-state index contributed by atoms with van der Waals surface area (Å²) >= 11 is 0. The maximum absolute atomic E-state index is 12.5. The van der Waals surface area contributed by atoms with Crippen LogP contribution in [-0.4, -0.2) is 52.4 Å². The molecule has 1 unspecified atom stereocenters. The highest BCUT2D eigenvalue weighted by atomic mass is 32.2. The fourth-order valence-corrected chi connectivity index (χ4v) is 4.24. The van der Waals surface area contributed by atoms with Gasteiger partial charge in [0.2, 0.25) is 10.0 Å². The van der Waals surface area contributed by atoms with Gasteiger partial charge in [0.25, 0.3) is 5.91 Å². The average Bonchev–Trinajstić information content (AvgIpc) is 3.02. The number of anilines is 1. The molecule has 0 saturated carbocycles. The molecule has 0 aliphatic carbocycles. The summed E-state index contributed by atoms with van der Waals surface area (Å²) in [7, 11) is -3.32. The largest absolute Gasteiger partial charge is 0.450 e. The van der Waals surface area contributed by atoms with Gasteiger partial charge in [-0.05, 0) is 49.4 Å². The molecule has 0 radical (unpaired) electrons. The Bertz CT molecular complexity index is 823. The Morgan fingerprint density at radius 1 is 1.29 bits per heavy atom. The van der Waals surface area contributed by atoms with Crippen molar-refractivity contribution in [3.8, 4) is 0 Å². The van der Waals surface area contributed by atoms with Crippen molar-refractivity contribution in [1.29, 1.82) is 0 Å². The van der Waals surface area contributed by atoms with E-state index in [1.807, 2.05) is 13.8 Å². The van der Waals surface area contributed by atoms with Crippen LogP contribution in [0.5, 0.6) is 0 Å². The maximum atomic E-state index is 12.5. The number of amides is 2. The van der Waals surface area contributed by atoms with Crippen LogP contribution in [0.2, 0.25) is 0 Å². The number of carbonyl (C=O) groups is 2. The lowest BCUT2D eigenvalue weighted by molar-refractivity contribution is 0.0944. The molecule has 8 nitrogen and oxygen atoms in total. The molecule has 1 aliphatic heterocycles. The van der Waals surface area contributed by atoms with Crippen LogP contribution in [0.4, 0.5) is 10.5 Å². The van der Waals surface area contributed by atoms with Crippen molar-refractivity contribution in [3.63, 3.8) is 0 Å². The van der Waals surface area contributed by atoms with Crippen LogP contribution in [0.25, 0.3) is 0 Å². The van der Waals surface area contributed by atoms with Crippen LogP contribution >= 0.6 is 0 Å². The Kier molecular flexibility index (Phi) is 7.29. The van der Waals surface area contributed by atoms with E-state index in [-0.39, 0.29) is 25.1 Å². The van der Waals surface area contributed by atoms with Crippen LogP contribution in [-0.2, 0) is 21.2 Å². The van der Waals surface area contributed by atoms with Crippen molar-refractivity contribution in [2.45, 2.75) is 39.7 Å². The minimum Gasteiger partial charge on any atom is -0.450 e. The third kappa shape index (κ3) is 5.85. The highest BCUT2D eigenvalue weighted by molar-refractivity contribution is 7.92. The summed E-state index contributed by atoms with van der Waals surface area (Å²) < 4.78 is 29.9. The second-order valence-corrected chi connectivity index (χ2v) is 9.24. The maximum Gasteiger partial charge on any atom is 0.407 e. The third-order valence-electron chi connectivity index (χ3n) is 4.46. The number of sulfonamides is 1. The number of alkyl carbamates (subject to hydrolysis) is 1. The average molecular weight is 412 g/mol. The summed E-state index contributed by atoms with van der Waals surface area (Å²) in [5.41, 5.74) is 1.93. The Morgan fingerprint density at radius 3 is 2.61 bits per heavy atom. The van der Waals surface area contributed by atoms with Gasteiger partial charge < -0.3 is 15.4 Å². The smallest absolute Gasteiger partial charge is 0.407 e. The fourth-order valence-electron chi connectivity index (χ4n) is 3.28. The van der Waals surface area contributed by atoms with E-state index in [9.17, 15) is 18.0 Å². The number of hydrogen-bond acceptors (Lipinski definition) is 5. The molecule has 1 heterocycles. The molecule has 2 amide bonds. The number of ether oxygens (including phenoxy) is 1. The molecular weight excluding hydrogens is 382 g/mol. The number of rotatable bonds is 8. The number of nitrogens with zero attached hydrogens (tertiary/aromatic N) is 1. The number of carbonyl (C=O) groups excluding carboxylic acids is 2. The monoisotopic (exact) mass is 411 g/mol. The van der Waals surface area contributed by atoms with Crippen molar-refractivity contribution in [1.82, 2.24) is 10.6 Å². The summed E-state index contributed by atoms with van der Waals surface area (Å²) in [6.45, 7) is 6.76. The summed E-state index contributed by atoms with van der Waals surface area (Å²) in [6.07, 6.45) is 1.95. The van der Waals surface area contributed by atoms with Gasteiger partial charge in [-0.15, -0.1) is 0 Å². The molecule has 0 saturated heterocycles. The van der Waals surface area contributed by atoms with Crippen LogP contribution < -0.4 is 14.9 Å². The SMILES string of the molecule is CCOC(=O)NC(CNC(=O)c1ccc2c(c1)CCN2S(C)(=O)=O)CC(C)C. The Morgan fingerprint density at radius 2 is 2.00 bits per heavy atom. The van der Waals surface area contributed by atoms with E-state index >= 15 is 0 Å². The topological polar surface area (TPSA) is 105 Å². The highest BCUT2D eigenvalue weighted by Gasteiger charge is 2.27. The van der Waals surface area contributed by atoms with Crippen LogP contribution in [0.1, 0.15) is 43.1 Å². The van der Waals surface area contributed by atoms with Crippen molar-refractivity contribution in [3.05, 3.63) is 29.3 Å². The van der Waals surface area contributed by atoms with E-state index in [2.05, 4.69) is 10.6 Å².